The molecule has 0 saturated heterocycles. The first kappa shape index (κ1) is 12.6. The summed E-state index contributed by atoms with van der Waals surface area (Å²) in [6.45, 7) is 1.43. The summed E-state index contributed by atoms with van der Waals surface area (Å²) in [5.41, 5.74) is -5.35. The molecule has 0 bridgehead atoms. The third-order valence-electron chi connectivity index (χ3n) is 1.75. The van der Waals surface area contributed by atoms with Crippen LogP contribution in [0, 0.1) is 6.92 Å². The van der Waals surface area contributed by atoms with E-state index >= 15 is 0 Å². The maximum Gasteiger partial charge on any atom is 0.516 e. The Kier molecular flexibility index (Phi) is 3.04. The number of sulfonamides is 1. The predicted molar refractivity (Wildman–Crippen MR) is 51.4 cm³/mol. The molecule has 0 spiro atoms. The third kappa shape index (κ3) is 2.57. The summed E-state index contributed by atoms with van der Waals surface area (Å²) in [7, 11) is -5.41. The molecule has 90 valence electrons. The zero-order valence-electron chi connectivity index (χ0n) is 8.04. The molecule has 0 radical (unpaired) electrons. The van der Waals surface area contributed by atoms with Crippen molar-refractivity contribution in [2.75, 3.05) is 4.72 Å². The molecular formula is C8H8F3NO3S. The van der Waals surface area contributed by atoms with E-state index in [4.69, 9.17) is 5.11 Å². The Hall–Kier alpha value is -1.44. The number of aryl methyl sites for hydroxylation is 1. The Balaban J connectivity index is 3.03. The van der Waals surface area contributed by atoms with E-state index in [1.807, 2.05) is 0 Å². The van der Waals surface area contributed by atoms with Gasteiger partial charge in [0.1, 0.15) is 5.75 Å². The normalized spacial score (nSPS) is 12.5. The minimum Gasteiger partial charge on any atom is -0.508 e. The number of hydrogen-bond donors (Lipinski definition) is 2. The van der Waals surface area contributed by atoms with Gasteiger partial charge in [-0.3, -0.25) is 4.72 Å². The van der Waals surface area contributed by atoms with Crippen LogP contribution in [0.15, 0.2) is 18.2 Å². The molecule has 8 heteroatoms. The van der Waals surface area contributed by atoms with Crippen molar-refractivity contribution < 1.29 is 26.7 Å². The first-order valence-corrected chi connectivity index (χ1v) is 5.50. The minimum absolute atomic E-state index is 0.130. The lowest BCUT2D eigenvalue weighted by atomic mass is 10.2. The van der Waals surface area contributed by atoms with Crippen LogP contribution in [0.1, 0.15) is 5.56 Å². The lowest BCUT2D eigenvalue weighted by Crippen LogP contribution is -2.29. The highest BCUT2D eigenvalue weighted by Gasteiger charge is 2.46. The molecule has 1 aromatic carbocycles. The van der Waals surface area contributed by atoms with Crippen LogP contribution in [0.5, 0.6) is 5.75 Å². The van der Waals surface area contributed by atoms with Crippen LogP contribution in [0.4, 0.5) is 18.9 Å². The van der Waals surface area contributed by atoms with Crippen LogP contribution in [-0.4, -0.2) is 19.0 Å². The molecule has 0 aliphatic heterocycles. The molecule has 0 unspecified atom stereocenters. The molecule has 4 nitrogen and oxygen atoms in total. The number of halogens is 3. The summed E-state index contributed by atoms with van der Waals surface area (Å²) in [5, 5.41) is 9.10. The molecule has 0 heterocycles. The number of anilines is 1. The van der Waals surface area contributed by atoms with Crippen molar-refractivity contribution in [3.8, 4) is 5.75 Å². The fourth-order valence-corrected chi connectivity index (χ4v) is 1.48. The molecule has 0 amide bonds. The number of alkyl halides is 3. The van der Waals surface area contributed by atoms with Crippen molar-refractivity contribution in [2.45, 2.75) is 12.4 Å². The molecule has 1 aromatic rings. The van der Waals surface area contributed by atoms with Gasteiger partial charge in [0.15, 0.2) is 0 Å². The molecule has 0 aromatic heterocycles. The maximum absolute atomic E-state index is 12.0. The van der Waals surface area contributed by atoms with Gasteiger partial charge in [-0.25, -0.2) is 0 Å². The second kappa shape index (κ2) is 3.85. The first-order chi connectivity index (χ1) is 7.13. The van der Waals surface area contributed by atoms with E-state index in [0.29, 0.717) is 0 Å². The second-order valence-electron chi connectivity index (χ2n) is 3.05. The Bertz CT molecular complexity index is 496. The molecule has 0 saturated carbocycles. The Morgan fingerprint density at radius 2 is 1.88 bits per heavy atom. The van der Waals surface area contributed by atoms with Crippen LogP contribution < -0.4 is 4.72 Å². The van der Waals surface area contributed by atoms with E-state index in [1.165, 1.54) is 11.6 Å². The lowest BCUT2D eigenvalue weighted by Gasteiger charge is -2.11. The zero-order valence-corrected chi connectivity index (χ0v) is 8.85. The van der Waals surface area contributed by atoms with Gasteiger partial charge in [-0.1, -0.05) is 0 Å². The van der Waals surface area contributed by atoms with Gasteiger partial charge in [0, 0.05) is 5.69 Å². The summed E-state index contributed by atoms with van der Waals surface area (Å²) in [6.07, 6.45) is 0. The first-order valence-electron chi connectivity index (χ1n) is 4.02. The van der Waals surface area contributed by atoms with Gasteiger partial charge in [-0.2, -0.15) is 21.6 Å². The topological polar surface area (TPSA) is 66.4 Å². The van der Waals surface area contributed by atoms with Crippen LogP contribution in [0.25, 0.3) is 0 Å². The van der Waals surface area contributed by atoms with Gasteiger partial charge in [0.2, 0.25) is 0 Å². The fourth-order valence-electron chi connectivity index (χ4n) is 0.932. The van der Waals surface area contributed by atoms with Crippen molar-refractivity contribution in [3.63, 3.8) is 0 Å². The second-order valence-corrected chi connectivity index (χ2v) is 4.73. The van der Waals surface area contributed by atoms with Crippen LogP contribution in [-0.2, 0) is 10.0 Å². The SMILES string of the molecule is Cc1cc(NS(=O)(=O)C(F)(F)F)ccc1O. The molecule has 0 aliphatic carbocycles. The highest BCUT2D eigenvalue weighted by molar-refractivity contribution is 7.93. The molecule has 0 fully saturated rings. The monoisotopic (exact) mass is 255 g/mol. The summed E-state index contributed by atoms with van der Waals surface area (Å²) >= 11 is 0. The van der Waals surface area contributed by atoms with E-state index in [1.54, 1.807) is 0 Å². The highest BCUT2D eigenvalue weighted by atomic mass is 32.2. The molecule has 2 N–H and O–H groups in total. The smallest absolute Gasteiger partial charge is 0.508 e. The van der Waals surface area contributed by atoms with E-state index in [9.17, 15) is 21.6 Å². The average Bonchev–Trinajstić information content (AvgIpc) is 2.09. The number of nitrogens with one attached hydrogen (secondary N) is 1. The van der Waals surface area contributed by atoms with Crippen LogP contribution >= 0.6 is 0 Å². The fraction of sp³-hybridized carbons (Fsp3) is 0.250. The summed E-state index contributed by atoms with van der Waals surface area (Å²) in [4.78, 5) is 0. The van der Waals surface area contributed by atoms with Gasteiger partial charge in [0.25, 0.3) is 0 Å². The number of phenols is 1. The molecular weight excluding hydrogens is 247 g/mol. The van der Waals surface area contributed by atoms with Gasteiger partial charge < -0.3 is 5.11 Å². The molecule has 0 aliphatic rings. The van der Waals surface area contributed by atoms with Crippen molar-refractivity contribution in [3.05, 3.63) is 23.8 Å². The minimum atomic E-state index is -5.41. The predicted octanol–water partition coefficient (Wildman–Crippen LogP) is 1.96. The quantitative estimate of drug-likeness (QED) is 0.794. The van der Waals surface area contributed by atoms with Gasteiger partial charge in [0.05, 0.1) is 0 Å². The van der Waals surface area contributed by atoms with Crippen molar-refractivity contribution in [1.82, 2.24) is 0 Å². The number of hydrogen-bond acceptors (Lipinski definition) is 3. The average molecular weight is 255 g/mol. The third-order valence-corrected chi connectivity index (χ3v) is 2.87. The van der Waals surface area contributed by atoms with Crippen LogP contribution in [0.3, 0.4) is 0 Å². The maximum atomic E-state index is 12.0. The van der Waals surface area contributed by atoms with Crippen LogP contribution in [0.2, 0.25) is 0 Å². The largest absolute Gasteiger partial charge is 0.516 e. The molecule has 0 atom stereocenters. The van der Waals surface area contributed by atoms with Gasteiger partial charge >= 0.3 is 15.5 Å². The summed E-state index contributed by atoms with van der Waals surface area (Å²) in [6, 6.07) is 3.23. The Morgan fingerprint density at radius 1 is 1.31 bits per heavy atom. The summed E-state index contributed by atoms with van der Waals surface area (Å²) in [5.74, 6) is -0.130. The Morgan fingerprint density at radius 3 is 2.31 bits per heavy atom. The van der Waals surface area contributed by atoms with Crippen molar-refractivity contribution in [1.29, 1.82) is 0 Å². The number of phenolic OH excluding ortho intramolecular Hbond substituents is 1. The molecule has 1 rings (SSSR count). The lowest BCUT2D eigenvalue weighted by molar-refractivity contribution is -0.0429. The Labute approximate surface area is 89.8 Å². The van der Waals surface area contributed by atoms with E-state index in [0.717, 1.165) is 18.2 Å². The number of aromatic hydroxyl groups is 1. The van der Waals surface area contributed by atoms with E-state index in [2.05, 4.69) is 0 Å². The van der Waals surface area contributed by atoms with E-state index in [-0.39, 0.29) is 17.0 Å². The number of benzene rings is 1. The zero-order chi connectivity index (χ0) is 12.6. The van der Waals surface area contributed by atoms with E-state index < -0.39 is 15.5 Å². The van der Waals surface area contributed by atoms with Crippen molar-refractivity contribution >= 4 is 15.7 Å². The standard InChI is InChI=1S/C8H8F3NO3S/c1-5-4-6(2-3-7(5)13)12-16(14,15)8(9,10)11/h2-4,12-13H,1H3. The van der Waals surface area contributed by atoms with Crippen molar-refractivity contribution in [2.24, 2.45) is 0 Å². The van der Waals surface area contributed by atoms with Gasteiger partial charge in [-0.05, 0) is 30.7 Å². The number of rotatable bonds is 2. The molecule has 16 heavy (non-hydrogen) atoms. The van der Waals surface area contributed by atoms with Gasteiger partial charge in [-0.15, -0.1) is 0 Å². The summed E-state index contributed by atoms with van der Waals surface area (Å²) < 4.78 is 58.8. The highest BCUT2D eigenvalue weighted by Crippen LogP contribution is 2.27.